The molecular weight excluding hydrogens is 242 g/mol. The molecule has 4 nitrogen and oxygen atoms in total. The highest BCUT2D eigenvalue weighted by atomic mass is 19.2. The minimum atomic E-state index is -1.43. The lowest BCUT2D eigenvalue weighted by Crippen LogP contribution is -2.38. The SMILES string of the molecule is NC1(c2cc(F)c(F)c([N+](=O)[O-])c2)CCCCC1. The second-order valence-corrected chi connectivity index (χ2v) is 4.77. The zero-order valence-corrected chi connectivity index (χ0v) is 9.79. The summed E-state index contributed by atoms with van der Waals surface area (Å²) in [5.74, 6) is -2.64. The summed E-state index contributed by atoms with van der Waals surface area (Å²) in [6.07, 6.45) is 4.10. The lowest BCUT2D eigenvalue weighted by Gasteiger charge is -2.33. The van der Waals surface area contributed by atoms with E-state index >= 15 is 0 Å². The van der Waals surface area contributed by atoms with Gasteiger partial charge in [0.2, 0.25) is 5.82 Å². The maximum absolute atomic E-state index is 13.4. The number of hydrogen-bond acceptors (Lipinski definition) is 3. The molecule has 1 aromatic carbocycles. The largest absolute Gasteiger partial charge is 0.321 e. The van der Waals surface area contributed by atoms with Crippen LogP contribution in [0.1, 0.15) is 37.7 Å². The second-order valence-electron chi connectivity index (χ2n) is 4.77. The van der Waals surface area contributed by atoms with Crippen molar-refractivity contribution in [2.75, 3.05) is 0 Å². The van der Waals surface area contributed by atoms with Crippen LogP contribution >= 0.6 is 0 Å². The Morgan fingerprint density at radius 2 is 1.83 bits per heavy atom. The molecule has 1 aromatic rings. The average Bonchev–Trinajstić information content (AvgIpc) is 2.33. The molecule has 0 heterocycles. The molecule has 6 heteroatoms. The number of nitrogens with zero attached hydrogens (tertiary/aromatic N) is 1. The van der Waals surface area contributed by atoms with Crippen LogP contribution < -0.4 is 5.73 Å². The first-order valence-electron chi connectivity index (χ1n) is 5.87. The molecule has 0 aromatic heterocycles. The molecule has 0 aliphatic heterocycles. The van der Waals surface area contributed by atoms with E-state index in [9.17, 15) is 18.9 Å². The van der Waals surface area contributed by atoms with Crippen molar-refractivity contribution >= 4 is 5.69 Å². The van der Waals surface area contributed by atoms with Gasteiger partial charge in [0.15, 0.2) is 5.82 Å². The van der Waals surface area contributed by atoms with E-state index in [1.165, 1.54) is 0 Å². The van der Waals surface area contributed by atoms with Crippen molar-refractivity contribution in [3.8, 4) is 0 Å². The summed E-state index contributed by atoms with van der Waals surface area (Å²) < 4.78 is 26.7. The summed E-state index contributed by atoms with van der Waals surface area (Å²) in [5.41, 5.74) is 4.84. The monoisotopic (exact) mass is 256 g/mol. The number of rotatable bonds is 2. The number of nitro benzene ring substituents is 1. The topological polar surface area (TPSA) is 69.2 Å². The van der Waals surface area contributed by atoms with Gasteiger partial charge in [-0.15, -0.1) is 0 Å². The Hall–Kier alpha value is -1.56. The quantitative estimate of drug-likeness (QED) is 0.653. The van der Waals surface area contributed by atoms with E-state index in [-0.39, 0.29) is 0 Å². The third-order valence-corrected chi connectivity index (χ3v) is 3.53. The summed E-state index contributed by atoms with van der Waals surface area (Å²) in [6, 6.07) is 2.04. The fourth-order valence-corrected chi connectivity index (χ4v) is 2.47. The smallest absolute Gasteiger partial charge is 0.308 e. The Morgan fingerprint density at radius 1 is 1.22 bits per heavy atom. The summed E-state index contributed by atoms with van der Waals surface area (Å²) >= 11 is 0. The minimum Gasteiger partial charge on any atom is -0.321 e. The molecule has 0 unspecified atom stereocenters. The molecule has 0 saturated heterocycles. The molecule has 18 heavy (non-hydrogen) atoms. The van der Waals surface area contributed by atoms with E-state index in [4.69, 9.17) is 5.73 Å². The van der Waals surface area contributed by atoms with E-state index < -0.39 is 27.8 Å². The van der Waals surface area contributed by atoms with Gasteiger partial charge in [0.25, 0.3) is 0 Å². The Labute approximate surface area is 103 Å². The molecule has 1 aliphatic carbocycles. The fraction of sp³-hybridized carbons (Fsp3) is 0.500. The summed E-state index contributed by atoms with van der Waals surface area (Å²) in [7, 11) is 0. The first-order chi connectivity index (χ1) is 8.44. The predicted molar refractivity (Wildman–Crippen MR) is 62.0 cm³/mol. The van der Waals surface area contributed by atoms with Gasteiger partial charge < -0.3 is 5.73 Å². The molecule has 0 bridgehead atoms. The summed E-state index contributed by atoms with van der Waals surface area (Å²) in [5, 5.41) is 10.7. The lowest BCUT2D eigenvalue weighted by atomic mass is 9.77. The van der Waals surface area contributed by atoms with Gasteiger partial charge in [-0.25, -0.2) is 4.39 Å². The molecule has 98 valence electrons. The number of nitro groups is 1. The van der Waals surface area contributed by atoms with Gasteiger partial charge in [-0.3, -0.25) is 10.1 Å². The van der Waals surface area contributed by atoms with E-state index in [2.05, 4.69) is 0 Å². The van der Waals surface area contributed by atoms with Crippen LogP contribution in [0.3, 0.4) is 0 Å². The van der Waals surface area contributed by atoms with E-state index in [1.807, 2.05) is 0 Å². The Balaban J connectivity index is 2.48. The van der Waals surface area contributed by atoms with Crippen LogP contribution in [-0.4, -0.2) is 4.92 Å². The molecule has 0 atom stereocenters. The van der Waals surface area contributed by atoms with Crippen molar-refractivity contribution in [2.24, 2.45) is 5.73 Å². The van der Waals surface area contributed by atoms with E-state index in [1.54, 1.807) is 0 Å². The van der Waals surface area contributed by atoms with E-state index in [0.717, 1.165) is 31.4 Å². The first kappa shape index (κ1) is 12.9. The maximum Gasteiger partial charge on any atom is 0.308 e. The highest BCUT2D eigenvalue weighted by Crippen LogP contribution is 2.37. The highest BCUT2D eigenvalue weighted by molar-refractivity contribution is 5.40. The molecule has 2 rings (SSSR count). The zero-order valence-electron chi connectivity index (χ0n) is 9.79. The number of hydrogen-bond donors (Lipinski definition) is 1. The highest BCUT2D eigenvalue weighted by Gasteiger charge is 2.33. The standard InChI is InChI=1S/C12H14F2N2O2/c13-9-6-8(7-10(11(9)14)16(17)18)12(15)4-2-1-3-5-12/h6-7H,1-5,15H2. The van der Waals surface area contributed by atoms with Crippen LogP contribution in [-0.2, 0) is 5.54 Å². The Bertz CT molecular complexity index is 485. The van der Waals surface area contributed by atoms with Crippen LogP contribution in [0.2, 0.25) is 0 Å². The molecule has 0 spiro atoms. The van der Waals surface area contributed by atoms with E-state index in [0.29, 0.717) is 18.4 Å². The van der Waals surface area contributed by atoms with Gasteiger partial charge in [0.1, 0.15) is 0 Å². The molecule has 1 saturated carbocycles. The molecule has 1 fully saturated rings. The number of nitrogens with two attached hydrogens (primary N) is 1. The molecular formula is C12H14F2N2O2. The summed E-state index contributed by atoms with van der Waals surface area (Å²) in [4.78, 5) is 9.75. The van der Waals surface area contributed by atoms with Gasteiger partial charge in [-0.2, -0.15) is 4.39 Å². The van der Waals surface area contributed by atoms with Crippen LogP contribution in [0.5, 0.6) is 0 Å². The molecule has 1 aliphatic rings. The van der Waals surface area contributed by atoms with Crippen molar-refractivity contribution in [2.45, 2.75) is 37.6 Å². The average molecular weight is 256 g/mol. The van der Waals surface area contributed by atoms with Gasteiger partial charge >= 0.3 is 5.69 Å². The third-order valence-electron chi connectivity index (χ3n) is 3.53. The second kappa shape index (κ2) is 4.61. The van der Waals surface area contributed by atoms with Crippen molar-refractivity contribution in [3.63, 3.8) is 0 Å². The van der Waals surface area contributed by atoms with Crippen molar-refractivity contribution < 1.29 is 13.7 Å². The van der Waals surface area contributed by atoms with Gasteiger partial charge in [-0.05, 0) is 24.5 Å². The first-order valence-corrected chi connectivity index (χ1v) is 5.87. The van der Waals surface area contributed by atoms with Gasteiger partial charge in [-0.1, -0.05) is 19.3 Å². The van der Waals surface area contributed by atoms with Gasteiger partial charge in [0, 0.05) is 11.6 Å². The van der Waals surface area contributed by atoms with Crippen molar-refractivity contribution in [1.82, 2.24) is 0 Å². The van der Waals surface area contributed by atoms with Crippen LogP contribution in [0.15, 0.2) is 12.1 Å². The minimum absolute atomic E-state index is 0.313. The Morgan fingerprint density at radius 3 is 2.39 bits per heavy atom. The predicted octanol–water partition coefficient (Wildman–Crippen LogP) is 2.99. The van der Waals surface area contributed by atoms with Crippen LogP contribution in [0, 0.1) is 21.7 Å². The number of halogens is 2. The normalized spacial score (nSPS) is 18.6. The third kappa shape index (κ3) is 2.20. The van der Waals surface area contributed by atoms with Crippen molar-refractivity contribution in [3.05, 3.63) is 39.4 Å². The fourth-order valence-electron chi connectivity index (χ4n) is 2.47. The van der Waals surface area contributed by atoms with Crippen LogP contribution in [0.4, 0.5) is 14.5 Å². The molecule has 0 radical (unpaired) electrons. The molecule has 0 amide bonds. The molecule has 2 N–H and O–H groups in total. The van der Waals surface area contributed by atoms with Gasteiger partial charge in [0.05, 0.1) is 4.92 Å². The summed E-state index contributed by atoms with van der Waals surface area (Å²) in [6.45, 7) is 0. The van der Waals surface area contributed by atoms with Crippen molar-refractivity contribution in [1.29, 1.82) is 0 Å². The maximum atomic E-state index is 13.4. The number of benzene rings is 1. The lowest BCUT2D eigenvalue weighted by molar-refractivity contribution is -0.387. The Kier molecular flexibility index (Phi) is 3.30. The van der Waals surface area contributed by atoms with Crippen LogP contribution in [0.25, 0.3) is 0 Å². The zero-order chi connectivity index (χ0) is 13.3.